The fourth-order valence-electron chi connectivity index (χ4n) is 2.03. The van der Waals surface area contributed by atoms with Crippen LogP contribution in [0.4, 0.5) is 0 Å². The predicted molar refractivity (Wildman–Crippen MR) is 109 cm³/mol. The van der Waals surface area contributed by atoms with Crippen molar-refractivity contribution in [3.05, 3.63) is 29.8 Å². The molecule has 0 saturated heterocycles. The lowest BCUT2D eigenvalue weighted by molar-refractivity contribution is 0.414. The van der Waals surface area contributed by atoms with Crippen LogP contribution in [0.5, 0.6) is 5.75 Å². The second-order valence-electron chi connectivity index (χ2n) is 5.89. The van der Waals surface area contributed by atoms with Crippen LogP contribution in [0, 0.1) is 0 Å². The molecule has 0 radical (unpaired) electrons. The fourth-order valence-corrected chi connectivity index (χ4v) is 3.11. The van der Waals surface area contributed by atoms with Crippen molar-refractivity contribution < 1.29 is 13.2 Å². The summed E-state index contributed by atoms with van der Waals surface area (Å²) in [4.78, 5) is 4.13. The largest absolute Gasteiger partial charge is 0.497 e. The van der Waals surface area contributed by atoms with Gasteiger partial charge in [0.05, 0.1) is 13.4 Å². The summed E-state index contributed by atoms with van der Waals surface area (Å²) in [5, 5.41) is 6.29. The molecule has 3 N–H and O–H groups in total. The maximum Gasteiger partial charge on any atom is 0.209 e. The molecular weight excluding hydrogens is 443 g/mol. The molecule has 0 aliphatic carbocycles. The normalized spacial score (nSPS) is 12.3. The van der Waals surface area contributed by atoms with E-state index in [9.17, 15) is 8.42 Å². The lowest BCUT2D eigenvalue weighted by Gasteiger charge is -2.26. The topological polar surface area (TPSA) is 91.8 Å². The van der Waals surface area contributed by atoms with Gasteiger partial charge in [-0.1, -0.05) is 12.1 Å². The van der Waals surface area contributed by atoms with Gasteiger partial charge in [-0.15, -0.1) is 24.0 Å². The predicted octanol–water partition coefficient (Wildman–Crippen LogP) is 1.31. The Labute approximate surface area is 161 Å². The van der Waals surface area contributed by atoms with Gasteiger partial charge < -0.3 is 15.4 Å². The minimum atomic E-state index is -3.26. The number of benzene rings is 1. The molecule has 0 aliphatic heterocycles. The van der Waals surface area contributed by atoms with Gasteiger partial charge in [-0.3, -0.25) is 4.99 Å². The zero-order valence-electron chi connectivity index (χ0n) is 14.7. The van der Waals surface area contributed by atoms with Gasteiger partial charge in [-0.25, -0.2) is 13.1 Å². The van der Waals surface area contributed by atoms with Crippen LogP contribution in [0.3, 0.4) is 0 Å². The summed E-state index contributed by atoms with van der Waals surface area (Å²) >= 11 is 0. The van der Waals surface area contributed by atoms with E-state index in [4.69, 9.17) is 4.74 Å². The maximum atomic E-state index is 11.3. The second kappa shape index (κ2) is 10.0. The van der Waals surface area contributed by atoms with E-state index in [-0.39, 0.29) is 24.0 Å². The zero-order valence-corrected chi connectivity index (χ0v) is 17.9. The number of nitrogens with one attached hydrogen (secondary N) is 3. The molecule has 0 atom stereocenters. The van der Waals surface area contributed by atoms with Gasteiger partial charge in [0.15, 0.2) is 5.96 Å². The van der Waals surface area contributed by atoms with Crippen LogP contribution in [0.2, 0.25) is 0 Å². The number of ether oxygens (including phenoxy) is 1. The van der Waals surface area contributed by atoms with Gasteiger partial charge in [0.2, 0.25) is 10.0 Å². The smallest absolute Gasteiger partial charge is 0.209 e. The Balaban J connectivity index is 0.00000529. The van der Waals surface area contributed by atoms with Crippen molar-refractivity contribution in [3.8, 4) is 5.75 Å². The SMILES string of the molecule is CN=C(NCc1cccc(OC)c1)NCC(C)(C)NS(C)(=O)=O.I. The molecular formula is C15H27IN4O3S. The summed E-state index contributed by atoms with van der Waals surface area (Å²) < 4.78 is 30.4. The Bertz CT molecular complexity index is 648. The third-order valence-electron chi connectivity index (χ3n) is 2.98. The van der Waals surface area contributed by atoms with Gasteiger partial charge >= 0.3 is 0 Å². The van der Waals surface area contributed by atoms with E-state index in [2.05, 4.69) is 20.3 Å². The minimum Gasteiger partial charge on any atom is -0.497 e. The van der Waals surface area contributed by atoms with Crippen LogP contribution >= 0.6 is 24.0 Å². The first-order valence-corrected chi connectivity index (χ1v) is 9.11. The third kappa shape index (κ3) is 9.28. The molecule has 0 fully saturated rings. The Hall–Kier alpha value is -1.07. The van der Waals surface area contributed by atoms with Crippen molar-refractivity contribution in [1.29, 1.82) is 0 Å². The minimum absolute atomic E-state index is 0. The molecule has 1 rings (SSSR count). The highest BCUT2D eigenvalue weighted by Gasteiger charge is 2.22. The average Bonchev–Trinajstić information content (AvgIpc) is 2.45. The molecule has 24 heavy (non-hydrogen) atoms. The summed E-state index contributed by atoms with van der Waals surface area (Å²) in [6.07, 6.45) is 1.14. The van der Waals surface area contributed by atoms with Crippen LogP contribution < -0.4 is 20.1 Å². The van der Waals surface area contributed by atoms with Crippen molar-refractivity contribution >= 4 is 40.0 Å². The van der Waals surface area contributed by atoms with Crippen LogP contribution in [0.25, 0.3) is 0 Å². The van der Waals surface area contributed by atoms with Crippen LogP contribution in [-0.4, -0.2) is 46.9 Å². The lowest BCUT2D eigenvalue weighted by atomic mass is 10.1. The number of halogens is 1. The summed E-state index contributed by atoms with van der Waals surface area (Å²) in [6.45, 7) is 4.58. The average molecular weight is 470 g/mol. The molecule has 138 valence electrons. The van der Waals surface area contributed by atoms with E-state index in [1.165, 1.54) is 0 Å². The van der Waals surface area contributed by atoms with E-state index >= 15 is 0 Å². The number of nitrogens with zero attached hydrogens (tertiary/aromatic N) is 1. The molecule has 1 aromatic rings. The quantitative estimate of drug-likeness (QED) is 0.318. The van der Waals surface area contributed by atoms with E-state index in [1.54, 1.807) is 28.0 Å². The molecule has 9 heteroatoms. The van der Waals surface area contributed by atoms with Gasteiger partial charge in [0.1, 0.15) is 5.75 Å². The van der Waals surface area contributed by atoms with E-state index in [1.807, 2.05) is 24.3 Å². The second-order valence-corrected chi connectivity index (χ2v) is 7.64. The van der Waals surface area contributed by atoms with Crippen molar-refractivity contribution in [3.63, 3.8) is 0 Å². The number of guanidine groups is 1. The monoisotopic (exact) mass is 470 g/mol. The van der Waals surface area contributed by atoms with Gasteiger partial charge in [0.25, 0.3) is 0 Å². The number of rotatable bonds is 7. The third-order valence-corrected chi connectivity index (χ3v) is 3.90. The summed E-state index contributed by atoms with van der Waals surface area (Å²) in [5.41, 5.74) is 0.432. The fraction of sp³-hybridized carbons (Fsp3) is 0.533. The van der Waals surface area contributed by atoms with E-state index in [0.717, 1.165) is 17.6 Å². The molecule has 1 aromatic carbocycles. The molecule has 0 saturated carbocycles. The Morgan fingerprint density at radius 3 is 2.50 bits per heavy atom. The van der Waals surface area contributed by atoms with E-state index < -0.39 is 15.6 Å². The highest BCUT2D eigenvalue weighted by molar-refractivity contribution is 14.0. The molecule has 0 bridgehead atoms. The van der Waals surface area contributed by atoms with Crippen LogP contribution in [0.15, 0.2) is 29.3 Å². The molecule has 0 heterocycles. The Morgan fingerprint density at radius 2 is 1.96 bits per heavy atom. The number of methoxy groups -OCH3 is 1. The number of aliphatic imine (C=N–C) groups is 1. The lowest BCUT2D eigenvalue weighted by Crippen LogP contribution is -2.52. The Morgan fingerprint density at radius 1 is 1.29 bits per heavy atom. The van der Waals surface area contributed by atoms with E-state index in [0.29, 0.717) is 19.0 Å². The highest BCUT2D eigenvalue weighted by atomic mass is 127. The summed E-state index contributed by atoms with van der Waals surface area (Å²) in [6, 6.07) is 7.73. The Kier molecular flexibility index (Phi) is 9.59. The molecule has 7 nitrogen and oxygen atoms in total. The summed E-state index contributed by atoms with van der Waals surface area (Å²) in [7, 11) is 0.0299. The molecule has 0 spiro atoms. The van der Waals surface area contributed by atoms with Crippen molar-refractivity contribution in [2.45, 2.75) is 25.9 Å². The van der Waals surface area contributed by atoms with Gasteiger partial charge in [-0.05, 0) is 31.5 Å². The zero-order chi connectivity index (χ0) is 17.5. The van der Waals surface area contributed by atoms with Crippen molar-refractivity contribution in [2.75, 3.05) is 27.0 Å². The summed E-state index contributed by atoms with van der Waals surface area (Å²) in [5.74, 6) is 1.39. The number of hydrogen-bond donors (Lipinski definition) is 3. The molecule has 0 aliphatic rings. The standard InChI is InChI=1S/C15H26N4O3S.HI/c1-15(2,19-23(5,20)21)11-18-14(16-3)17-10-12-7-6-8-13(9-12)22-4;/h6-9,19H,10-11H2,1-5H3,(H2,16,17,18);1H. The number of sulfonamides is 1. The first-order chi connectivity index (χ1) is 10.6. The molecule has 0 aromatic heterocycles. The van der Waals surface area contributed by atoms with Crippen LogP contribution in [-0.2, 0) is 16.6 Å². The van der Waals surface area contributed by atoms with Crippen LogP contribution in [0.1, 0.15) is 19.4 Å². The maximum absolute atomic E-state index is 11.3. The van der Waals surface area contributed by atoms with Crippen molar-refractivity contribution in [2.24, 2.45) is 4.99 Å². The van der Waals surface area contributed by atoms with Gasteiger partial charge in [0, 0.05) is 25.7 Å². The first-order valence-electron chi connectivity index (χ1n) is 7.21. The molecule has 0 amide bonds. The molecule has 0 unspecified atom stereocenters. The number of hydrogen-bond acceptors (Lipinski definition) is 4. The first kappa shape index (κ1) is 22.9. The van der Waals surface area contributed by atoms with Crippen molar-refractivity contribution in [1.82, 2.24) is 15.4 Å². The highest BCUT2D eigenvalue weighted by Crippen LogP contribution is 2.12. The van der Waals surface area contributed by atoms with Gasteiger partial charge in [-0.2, -0.15) is 0 Å².